The number of aromatic nitrogens is 1. The summed E-state index contributed by atoms with van der Waals surface area (Å²) in [6.07, 6.45) is 2.94. The van der Waals surface area contributed by atoms with E-state index in [1.165, 1.54) is 0 Å². The molecule has 1 aromatic heterocycles. The lowest BCUT2D eigenvalue weighted by Crippen LogP contribution is -2.30. The number of carbonyl (C=O) groups is 1. The first-order valence-corrected chi connectivity index (χ1v) is 6.08. The van der Waals surface area contributed by atoms with E-state index >= 15 is 0 Å². The van der Waals surface area contributed by atoms with Crippen molar-refractivity contribution in [2.75, 3.05) is 11.9 Å². The van der Waals surface area contributed by atoms with Crippen molar-refractivity contribution in [2.45, 2.75) is 0 Å². The van der Waals surface area contributed by atoms with E-state index in [0.29, 0.717) is 5.71 Å². The van der Waals surface area contributed by atoms with Crippen LogP contribution in [0.3, 0.4) is 0 Å². The molecule has 100 valence electrons. The molecule has 0 saturated carbocycles. The summed E-state index contributed by atoms with van der Waals surface area (Å²) in [7, 11) is 0. The van der Waals surface area contributed by atoms with Crippen molar-refractivity contribution in [1.82, 2.24) is 10.4 Å². The highest BCUT2D eigenvalue weighted by atomic mass is 16.6. The second-order valence-corrected chi connectivity index (χ2v) is 4.18. The molecule has 1 aromatic carbocycles. The maximum absolute atomic E-state index is 10.8. The van der Waals surface area contributed by atoms with E-state index in [9.17, 15) is 4.79 Å². The second-order valence-electron chi connectivity index (χ2n) is 4.18. The number of nitrogens with one attached hydrogen (secondary N) is 2. The molecule has 0 saturated heterocycles. The molecule has 6 nitrogen and oxygen atoms in total. The average molecular weight is 268 g/mol. The number of hydrazone groups is 1. The number of nitrogens with zero attached hydrogens (tertiary/aromatic N) is 2. The Kier molecular flexibility index (Phi) is 3.28. The van der Waals surface area contributed by atoms with Gasteiger partial charge in [-0.15, -0.1) is 0 Å². The lowest BCUT2D eigenvalue weighted by molar-refractivity contribution is 0.157. The van der Waals surface area contributed by atoms with Gasteiger partial charge in [0.25, 0.3) is 0 Å². The van der Waals surface area contributed by atoms with Gasteiger partial charge < -0.3 is 10.1 Å². The number of benzene rings is 1. The smallest absolute Gasteiger partial charge is 0.428 e. The summed E-state index contributed by atoms with van der Waals surface area (Å²) in [4.78, 5) is 14.8. The van der Waals surface area contributed by atoms with Gasteiger partial charge in [0.1, 0.15) is 12.3 Å². The molecule has 0 aliphatic carbocycles. The minimum atomic E-state index is -0.523. The molecule has 2 heterocycles. The number of rotatable bonds is 3. The largest absolute Gasteiger partial charge is 0.442 e. The topological polar surface area (TPSA) is 75.6 Å². The van der Waals surface area contributed by atoms with Crippen LogP contribution in [-0.4, -0.2) is 23.4 Å². The molecular weight excluding hydrogens is 256 g/mol. The van der Waals surface area contributed by atoms with Gasteiger partial charge in [0.05, 0.1) is 0 Å². The van der Waals surface area contributed by atoms with Gasteiger partial charge in [-0.1, -0.05) is 12.1 Å². The summed E-state index contributed by atoms with van der Waals surface area (Å²) in [6, 6.07) is 11.5. The van der Waals surface area contributed by atoms with Crippen molar-refractivity contribution >= 4 is 23.2 Å². The van der Waals surface area contributed by atoms with Crippen LogP contribution in [0, 0.1) is 0 Å². The fraction of sp³-hybridized carbons (Fsp3) is 0.0714. The molecule has 1 aliphatic heterocycles. The van der Waals surface area contributed by atoms with Crippen molar-refractivity contribution in [3.8, 4) is 0 Å². The Balaban J connectivity index is 1.73. The normalized spacial score (nSPS) is 14.0. The van der Waals surface area contributed by atoms with Crippen LogP contribution < -0.4 is 10.7 Å². The summed E-state index contributed by atoms with van der Waals surface area (Å²) in [5, 5.41) is 7.22. The predicted molar refractivity (Wildman–Crippen MR) is 75.0 cm³/mol. The molecule has 0 spiro atoms. The monoisotopic (exact) mass is 268 g/mol. The van der Waals surface area contributed by atoms with Crippen LogP contribution in [-0.2, 0) is 4.74 Å². The molecule has 20 heavy (non-hydrogen) atoms. The van der Waals surface area contributed by atoms with Gasteiger partial charge in [-0.2, -0.15) is 5.10 Å². The fourth-order valence-electron chi connectivity index (χ4n) is 1.81. The number of cyclic esters (lactones) is 1. The molecule has 0 fully saturated rings. The maximum Gasteiger partial charge on any atom is 0.428 e. The van der Waals surface area contributed by atoms with Crippen molar-refractivity contribution in [3.63, 3.8) is 0 Å². The van der Waals surface area contributed by atoms with Gasteiger partial charge >= 0.3 is 6.09 Å². The number of anilines is 2. The molecule has 2 N–H and O–H groups in total. The zero-order valence-corrected chi connectivity index (χ0v) is 10.5. The minimum absolute atomic E-state index is 0.183. The zero-order chi connectivity index (χ0) is 13.8. The van der Waals surface area contributed by atoms with Gasteiger partial charge in [-0.05, 0) is 24.3 Å². The van der Waals surface area contributed by atoms with Gasteiger partial charge in [0.2, 0.25) is 0 Å². The van der Waals surface area contributed by atoms with Crippen molar-refractivity contribution in [1.29, 1.82) is 0 Å². The van der Waals surface area contributed by atoms with Crippen LogP contribution in [0.4, 0.5) is 16.2 Å². The third kappa shape index (κ3) is 2.74. The Morgan fingerprint density at radius 3 is 2.40 bits per heavy atom. The Morgan fingerprint density at radius 1 is 1.05 bits per heavy atom. The van der Waals surface area contributed by atoms with E-state index in [1.54, 1.807) is 12.4 Å². The third-order valence-electron chi connectivity index (χ3n) is 2.81. The average Bonchev–Trinajstić information content (AvgIpc) is 2.50. The summed E-state index contributed by atoms with van der Waals surface area (Å²) >= 11 is 0. The highest BCUT2D eigenvalue weighted by Crippen LogP contribution is 2.16. The van der Waals surface area contributed by atoms with Crippen LogP contribution in [0.25, 0.3) is 0 Å². The van der Waals surface area contributed by atoms with Crippen molar-refractivity contribution < 1.29 is 9.53 Å². The molecular formula is C14H12N4O2. The minimum Gasteiger partial charge on any atom is -0.442 e. The maximum atomic E-state index is 10.8. The summed E-state index contributed by atoms with van der Waals surface area (Å²) in [5.74, 6) is 0. The second kappa shape index (κ2) is 5.40. The highest BCUT2D eigenvalue weighted by Gasteiger charge is 2.13. The standard InChI is InChI=1S/C14H12N4O2/c19-14-18-17-13(9-20-14)10-1-3-11(4-2-10)16-12-5-7-15-8-6-12/h1-8H,9H2,(H,15,16)(H,18,19). The first-order chi connectivity index (χ1) is 9.81. The number of hydrogen-bond donors (Lipinski definition) is 2. The molecule has 6 heteroatoms. The Hall–Kier alpha value is -2.89. The Labute approximate surface area is 115 Å². The SMILES string of the molecule is O=C1NN=C(c2ccc(Nc3ccncc3)cc2)CO1. The molecule has 1 amide bonds. The van der Waals surface area contributed by atoms with Crippen LogP contribution in [0.1, 0.15) is 5.56 Å². The van der Waals surface area contributed by atoms with E-state index in [2.05, 4.69) is 20.8 Å². The highest BCUT2D eigenvalue weighted by molar-refractivity contribution is 6.03. The summed E-state index contributed by atoms with van der Waals surface area (Å²) < 4.78 is 4.87. The molecule has 2 aromatic rings. The molecule has 3 rings (SSSR count). The Morgan fingerprint density at radius 2 is 1.75 bits per heavy atom. The van der Waals surface area contributed by atoms with E-state index in [4.69, 9.17) is 4.74 Å². The molecule has 0 bridgehead atoms. The summed E-state index contributed by atoms with van der Waals surface area (Å²) in [6.45, 7) is 0.183. The van der Waals surface area contributed by atoms with Gasteiger partial charge in [0, 0.05) is 29.3 Å². The van der Waals surface area contributed by atoms with Crippen molar-refractivity contribution in [2.24, 2.45) is 5.10 Å². The van der Waals surface area contributed by atoms with Crippen molar-refractivity contribution in [3.05, 3.63) is 54.4 Å². The lowest BCUT2D eigenvalue weighted by Gasteiger charge is -2.13. The van der Waals surface area contributed by atoms with Gasteiger partial charge in [0.15, 0.2) is 0 Å². The predicted octanol–water partition coefficient (Wildman–Crippen LogP) is 2.27. The summed E-state index contributed by atoms with van der Waals surface area (Å²) in [5.41, 5.74) is 5.82. The van der Waals surface area contributed by atoms with Crippen LogP contribution in [0.5, 0.6) is 0 Å². The van der Waals surface area contributed by atoms with E-state index in [0.717, 1.165) is 16.9 Å². The third-order valence-corrected chi connectivity index (χ3v) is 2.81. The van der Waals surface area contributed by atoms with Crippen LogP contribution in [0.2, 0.25) is 0 Å². The van der Waals surface area contributed by atoms with Crippen LogP contribution in [0.15, 0.2) is 53.9 Å². The van der Waals surface area contributed by atoms with E-state index in [-0.39, 0.29) is 6.61 Å². The van der Waals surface area contributed by atoms with Gasteiger partial charge in [-0.25, -0.2) is 10.2 Å². The molecule has 1 aliphatic rings. The lowest BCUT2D eigenvalue weighted by atomic mass is 10.1. The number of hydrogen-bond acceptors (Lipinski definition) is 5. The molecule has 0 atom stereocenters. The number of carbonyl (C=O) groups excluding carboxylic acids is 1. The first-order valence-electron chi connectivity index (χ1n) is 6.08. The quantitative estimate of drug-likeness (QED) is 0.895. The van der Waals surface area contributed by atoms with E-state index in [1.807, 2.05) is 36.4 Å². The number of ether oxygens (including phenoxy) is 1. The molecule has 0 radical (unpaired) electrons. The molecule has 0 unspecified atom stereocenters. The Bertz CT molecular complexity index is 638. The number of amides is 1. The first kappa shape index (κ1) is 12.2. The van der Waals surface area contributed by atoms with Crippen LogP contribution >= 0.6 is 0 Å². The van der Waals surface area contributed by atoms with Gasteiger partial charge in [-0.3, -0.25) is 4.98 Å². The zero-order valence-electron chi connectivity index (χ0n) is 10.5. The van der Waals surface area contributed by atoms with E-state index < -0.39 is 6.09 Å². The fourth-order valence-corrected chi connectivity index (χ4v) is 1.81. The number of pyridine rings is 1.